The predicted molar refractivity (Wildman–Crippen MR) is 85.7 cm³/mol. The zero-order valence-corrected chi connectivity index (χ0v) is 13.1. The van der Waals surface area contributed by atoms with Crippen molar-refractivity contribution >= 4 is 26.9 Å². The second-order valence-electron chi connectivity index (χ2n) is 4.31. The Morgan fingerprint density at radius 2 is 2.19 bits per heavy atom. The van der Waals surface area contributed by atoms with E-state index in [1.54, 1.807) is 18.2 Å². The largest absolute Gasteiger partial charge is 0.439 e. The highest BCUT2D eigenvalue weighted by atomic mass is 35.5. The van der Waals surface area contributed by atoms with E-state index in [-0.39, 0.29) is 0 Å². The van der Waals surface area contributed by atoms with Crippen molar-refractivity contribution in [2.75, 3.05) is 6.54 Å². The molecule has 0 bridgehead atoms. The number of nitrogens with two attached hydrogens (primary N) is 1. The van der Waals surface area contributed by atoms with Crippen LogP contribution in [0.15, 0.2) is 36.5 Å². The number of carbonyl (C=O) groups excluding carboxylic acids is 1. The fraction of sp³-hybridized carbons (Fsp3) is 0.143. The average molecular weight is 324 g/mol. The van der Waals surface area contributed by atoms with E-state index in [9.17, 15) is 4.79 Å². The third-order valence-corrected chi connectivity index (χ3v) is 3.45. The van der Waals surface area contributed by atoms with E-state index in [2.05, 4.69) is 19.5 Å². The molecule has 0 saturated heterocycles. The highest BCUT2D eigenvalue weighted by Crippen LogP contribution is 2.26. The minimum Gasteiger partial charge on any atom is -0.439 e. The van der Waals surface area contributed by atoms with Gasteiger partial charge in [0.25, 0.3) is 0 Å². The lowest BCUT2D eigenvalue weighted by molar-refractivity contribution is 0.1000. The van der Waals surface area contributed by atoms with Gasteiger partial charge in [0.15, 0.2) is 0 Å². The quantitative estimate of drug-likeness (QED) is 0.801. The van der Waals surface area contributed by atoms with Crippen molar-refractivity contribution in [1.29, 1.82) is 0 Å². The lowest BCUT2D eigenvalue weighted by atomic mass is 10.1. The number of pyridine rings is 1. The van der Waals surface area contributed by atoms with E-state index in [0.717, 1.165) is 18.5 Å². The summed E-state index contributed by atoms with van der Waals surface area (Å²) in [4.78, 5) is 15.0. The molecule has 1 amide bonds. The van der Waals surface area contributed by atoms with Crippen LogP contribution in [0.25, 0.3) is 0 Å². The van der Waals surface area contributed by atoms with Gasteiger partial charge >= 0.3 is 0 Å². The van der Waals surface area contributed by atoms with Crippen molar-refractivity contribution in [2.45, 2.75) is 6.42 Å². The Morgan fingerprint density at radius 1 is 1.38 bits per heavy atom. The molecule has 1 aromatic heterocycles. The van der Waals surface area contributed by atoms with Crippen molar-refractivity contribution in [2.24, 2.45) is 5.73 Å². The number of hydrogen-bond acceptors (Lipinski definition) is 4. The molecule has 0 aliphatic rings. The molecule has 1 heterocycles. The second-order valence-corrected chi connectivity index (χ2v) is 5.12. The number of nitrogens with one attached hydrogen (secondary N) is 1. The summed E-state index contributed by atoms with van der Waals surface area (Å²) in [5.74, 6) is 0.432. The number of benzene rings is 1. The van der Waals surface area contributed by atoms with Crippen molar-refractivity contribution < 1.29 is 9.53 Å². The van der Waals surface area contributed by atoms with Crippen LogP contribution in [0.4, 0.5) is 0 Å². The van der Waals surface area contributed by atoms with Gasteiger partial charge in [0, 0.05) is 23.8 Å². The number of hydrogen-bond donors (Lipinski definition) is 2. The Bertz CT molecular complexity index is 635. The van der Waals surface area contributed by atoms with Gasteiger partial charge in [0.2, 0.25) is 11.8 Å². The van der Waals surface area contributed by atoms with Crippen LogP contribution < -0.4 is 15.6 Å². The Balaban J connectivity index is 2.09. The summed E-state index contributed by atoms with van der Waals surface area (Å²) in [6, 6.07) is 8.62. The summed E-state index contributed by atoms with van der Waals surface area (Å²) in [5.41, 5.74) is 6.52. The van der Waals surface area contributed by atoms with Crippen LogP contribution in [0.5, 0.6) is 11.6 Å². The zero-order chi connectivity index (χ0) is 15.2. The Kier molecular flexibility index (Phi) is 5.51. The minimum absolute atomic E-state index is 0.334. The smallest absolute Gasteiger partial charge is 0.250 e. The lowest BCUT2D eigenvalue weighted by Gasteiger charge is -2.08. The molecule has 21 heavy (non-hydrogen) atoms. The number of ether oxygens (including phenoxy) is 1. The van der Waals surface area contributed by atoms with Gasteiger partial charge in [-0.05, 0) is 30.2 Å². The fourth-order valence-electron chi connectivity index (χ4n) is 1.71. The Labute approximate surface area is 130 Å². The molecule has 0 fully saturated rings. The van der Waals surface area contributed by atoms with E-state index >= 15 is 0 Å². The number of carbonyl (C=O) groups is 1. The van der Waals surface area contributed by atoms with E-state index in [1.165, 1.54) is 6.20 Å². The normalized spacial score (nSPS) is 10.4. The first-order chi connectivity index (χ1) is 10.1. The van der Waals surface area contributed by atoms with Crippen molar-refractivity contribution in [3.63, 3.8) is 0 Å². The number of primary amides is 1. The van der Waals surface area contributed by atoms with Crippen LogP contribution >= 0.6 is 21.0 Å². The van der Waals surface area contributed by atoms with Gasteiger partial charge in [-0.2, -0.15) is 0 Å². The second kappa shape index (κ2) is 7.36. The van der Waals surface area contributed by atoms with Crippen LogP contribution in [0.3, 0.4) is 0 Å². The van der Waals surface area contributed by atoms with Crippen LogP contribution in [0, 0.1) is 0 Å². The standard InChI is InChI=1S/C14H15ClN3O2P/c15-12-7-11(3-1-9(12)5-6-18-21)20-13-4-2-10(8-17-13)14(16)19/h1-4,7-8,18H,5-6,21H2,(H2,16,19). The predicted octanol–water partition coefficient (Wildman–Crippen LogP) is 2.55. The molecule has 7 heteroatoms. The molecule has 1 unspecified atom stereocenters. The maximum atomic E-state index is 11.0. The average Bonchev–Trinajstić information content (AvgIpc) is 2.47. The summed E-state index contributed by atoms with van der Waals surface area (Å²) in [6.07, 6.45) is 2.20. The first-order valence-electron chi connectivity index (χ1n) is 6.26. The number of rotatable bonds is 6. The van der Waals surface area contributed by atoms with Gasteiger partial charge in [-0.15, -0.1) is 0 Å². The summed E-state index contributed by atoms with van der Waals surface area (Å²) in [7, 11) is 2.45. The maximum absolute atomic E-state index is 11.0. The molecule has 1 atom stereocenters. The van der Waals surface area contributed by atoms with E-state index in [0.29, 0.717) is 22.2 Å². The van der Waals surface area contributed by atoms with Gasteiger partial charge in [0.1, 0.15) is 5.75 Å². The van der Waals surface area contributed by atoms with Gasteiger partial charge in [-0.3, -0.25) is 4.79 Å². The highest BCUT2D eigenvalue weighted by Gasteiger charge is 2.06. The minimum atomic E-state index is -0.524. The van der Waals surface area contributed by atoms with Crippen molar-refractivity contribution in [3.05, 3.63) is 52.7 Å². The van der Waals surface area contributed by atoms with Crippen molar-refractivity contribution in [1.82, 2.24) is 10.1 Å². The lowest BCUT2D eigenvalue weighted by Crippen LogP contribution is -2.10. The van der Waals surface area contributed by atoms with Gasteiger partial charge in [0.05, 0.1) is 5.56 Å². The Morgan fingerprint density at radius 3 is 2.76 bits per heavy atom. The fourth-order valence-corrected chi connectivity index (χ4v) is 2.12. The molecule has 2 aromatic rings. The topological polar surface area (TPSA) is 77.2 Å². The van der Waals surface area contributed by atoms with Crippen LogP contribution in [-0.2, 0) is 6.42 Å². The molecular formula is C14H15ClN3O2P. The number of nitrogens with zero attached hydrogens (tertiary/aromatic N) is 1. The van der Waals surface area contributed by atoms with Crippen molar-refractivity contribution in [3.8, 4) is 11.6 Å². The number of amides is 1. The number of halogens is 1. The monoisotopic (exact) mass is 323 g/mol. The van der Waals surface area contributed by atoms with E-state index in [4.69, 9.17) is 22.1 Å². The molecule has 0 saturated carbocycles. The van der Waals surface area contributed by atoms with E-state index < -0.39 is 5.91 Å². The summed E-state index contributed by atoms with van der Waals surface area (Å²) < 4.78 is 5.59. The molecule has 110 valence electrons. The van der Waals surface area contributed by atoms with E-state index in [1.807, 2.05) is 12.1 Å². The molecule has 5 nitrogen and oxygen atoms in total. The molecule has 0 radical (unpaired) electrons. The summed E-state index contributed by atoms with van der Waals surface area (Å²) in [6.45, 7) is 0.820. The molecule has 3 N–H and O–H groups in total. The third-order valence-electron chi connectivity index (χ3n) is 2.81. The summed E-state index contributed by atoms with van der Waals surface area (Å²) >= 11 is 6.20. The maximum Gasteiger partial charge on any atom is 0.250 e. The zero-order valence-electron chi connectivity index (χ0n) is 11.2. The first-order valence-corrected chi connectivity index (χ1v) is 7.21. The highest BCUT2D eigenvalue weighted by molar-refractivity contribution is 7.13. The first kappa shape index (κ1) is 15.7. The van der Waals surface area contributed by atoms with Gasteiger partial charge < -0.3 is 15.6 Å². The third kappa shape index (κ3) is 4.39. The van der Waals surface area contributed by atoms with Crippen LogP contribution in [0.2, 0.25) is 5.02 Å². The number of aromatic nitrogens is 1. The molecule has 1 aromatic carbocycles. The summed E-state index contributed by atoms with van der Waals surface area (Å²) in [5, 5.41) is 3.63. The molecular weight excluding hydrogens is 309 g/mol. The SMILES string of the molecule is NC(=O)c1ccc(Oc2ccc(CCNP)c(Cl)c2)nc1. The Hall–Kier alpha value is -1.68. The van der Waals surface area contributed by atoms with Crippen LogP contribution in [0.1, 0.15) is 15.9 Å². The molecule has 0 aliphatic heterocycles. The molecule has 2 rings (SSSR count). The molecule has 0 spiro atoms. The van der Waals surface area contributed by atoms with Crippen LogP contribution in [-0.4, -0.2) is 17.4 Å². The van der Waals surface area contributed by atoms with Gasteiger partial charge in [-0.1, -0.05) is 27.1 Å². The van der Waals surface area contributed by atoms with Gasteiger partial charge in [-0.25, -0.2) is 4.98 Å². The molecule has 0 aliphatic carbocycles.